The summed E-state index contributed by atoms with van der Waals surface area (Å²) in [6, 6.07) is 17.2. The number of amides is 2. The summed E-state index contributed by atoms with van der Waals surface area (Å²) in [5.41, 5.74) is 0.907. The highest BCUT2D eigenvalue weighted by molar-refractivity contribution is 5.92. The molecule has 144 valence electrons. The normalized spacial score (nSPS) is 17.0. The van der Waals surface area contributed by atoms with Crippen LogP contribution >= 0.6 is 0 Å². The van der Waals surface area contributed by atoms with Crippen LogP contribution in [-0.4, -0.2) is 47.8 Å². The molecule has 0 atom stereocenters. The summed E-state index contributed by atoms with van der Waals surface area (Å²) >= 11 is 0. The van der Waals surface area contributed by atoms with Crippen molar-refractivity contribution < 1.29 is 14.3 Å². The zero-order chi connectivity index (χ0) is 19.3. The molecule has 0 radical (unpaired) electrons. The van der Waals surface area contributed by atoms with E-state index in [2.05, 4.69) is 0 Å². The highest BCUT2D eigenvalue weighted by Gasteiger charge is 2.34. The number of hydrogen-bond donors (Lipinski definition) is 0. The van der Waals surface area contributed by atoms with Gasteiger partial charge in [0.25, 0.3) is 0 Å². The minimum absolute atomic E-state index is 0.0205. The molecule has 0 unspecified atom stereocenters. The molecule has 1 heterocycles. The number of benzene rings is 2. The Morgan fingerprint density at radius 1 is 0.857 bits per heavy atom. The van der Waals surface area contributed by atoms with E-state index in [1.54, 1.807) is 11.0 Å². The molecule has 2 aliphatic rings. The summed E-state index contributed by atoms with van der Waals surface area (Å²) in [4.78, 5) is 28.3. The van der Waals surface area contributed by atoms with Crippen molar-refractivity contribution in [1.82, 2.24) is 9.80 Å². The predicted octanol–water partition coefficient (Wildman–Crippen LogP) is 3.57. The largest absolute Gasteiger partial charge is 0.457 e. The summed E-state index contributed by atoms with van der Waals surface area (Å²) in [5.74, 6) is 1.99. The number of nitrogens with zero attached hydrogens (tertiary/aromatic N) is 2. The molecular formula is C23H24N2O3. The molecule has 28 heavy (non-hydrogen) atoms. The lowest BCUT2D eigenvalue weighted by molar-refractivity contribution is -0.138. The van der Waals surface area contributed by atoms with Gasteiger partial charge in [0, 0.05) is 38.2 Å². The van der Waals surface area contributed by atoms with Crippen LogP contribution in [0.3, 0.4) is 0 Å². The lowest BCUT2D eigenvalue weighted by Crippen LogP contribution is -2.50. The molecule has 0 aromatic heterocycles. The van der Waals surface area contributed by atoms with Gasteiger partial charge in [-0.25, -0.2) is 0 Å². The third-order valence-corrected chi connectivity index (χ3v) is 5.08. The lowest BCUT2D eigenvalue weighted by atomic mass is 10.2. The quantitative estimate of drug-likeness (QED) is 0.750. The first-order chi connectivity index (χ1) is 13.7. The first-order valence-corrected chi connectivity index (χ1v) is 9.78. The predicted molar refractivity (Wildman–Crippen MR) is 108 cm³/mol. The zero-order valence-electron chi connectivity index (χ0n) is 15.8. The van der Waals surface area contributed by atoms with Crippen LogP contribution in [0.25, 0.3) is 6.08 Å². The van der Waals surface area contributed by atoms with Crippen LogP contribution in [-0.2, 0) is 9.59 Å². The van der Waals surface area contributed by atoms with Gasteiger partial charge >= 0.3 is 0 Å². The van der Waals surface area contributed by atoms with E-state index in [1.807, 2.05) is 65.6 Å². The molecule has 2 amide bonds. The minimum atomic E-state index is -0.0205. The van der Waals surface area contributed by atoms with Crippen molar-refractivity contribution >= 4 is 17.9 Å². The van der Waals surface area contributed by atoms with Crippen LogP contribution in [0.2, 0.25) is 0 Å². The molecule has 0 N–H and O–H groups in total. The Labute approximate surface area is 165 Å². The third kappa shape index (κ3) is 4.60. The maximum absolute atomic E-state index is 12.5. The molecule has 5 nitrogen and oxygen atoms in total. The van der Waals surface area contributed by atoms with Gasteiger partial charge < -0.3 is 14.5 Å². The van der Waals surface area contributed by atoms with Gasteiger partial charge in [-0.15, -0.1) is 0 Å². The molecule has 2 aromatic carbocycles. The van der Waals surface area contributed by atoms with Crippen LogP contribution in [0, 0.1) is 5.92 Å². The number of hydrogen-bond acceptors (Lipinski definition) is 3. The Bertz CT molecular complexity index is 866. The fourth-order valence-corrected chi connectivity index (χ4v) is 3.31. The van der Waals surface area contributed by atoms with Crippen molar-refractivity contribution in [3.05, 3.63) is 66.2 Å². The van der Waals surface area contributed by atoms with Gasteiger partial charge in [0.05, 0.1) is 0 Å². The Morgan fingerprint density at radius 2 is 1.54 bits per heavy atom. The lowest BCUT2D eigenvalue weighted by Gasteiger charge is -2.34. The Morgan fingerprint density at radius 3 is 2.25 bits per heavy atom. The third-order valence-electron chi connectivity index (χ3n) is 5.08. The van der Waals surface area contributed by atoms with E-state index in [1.165, 1.54) is 0 Å². The van der Waals surface area contributed by atoms with Crippen LogP contribution in [0.1, 0.15) is 18.4 Å². The molecule has 1 aliphatic heterocycles. The van der Waals surface area contributed by atoms with Crippen molar-refractivity contribution in [2.45, 2.75) is 12.8 Å². The molecule has 4 rings (SSSR count). The molecule has 5 heteroatoms. The standard InChI is InChI=1S/C23H24N2O3/c26-22(24-13-15-25(16-14-24)23(27)19-10-11-19)12-9-18-5-4-8-21(17-18)28-20-6-2-1-3-7-20/h1-9,12,17,19H,10-11,13-16H2/b12-9+. The van der Waals surface area contributed by atoms with E-state index in [9.17, 15) is 9.59 Å². The second-order valence-corrected chi connectivity index (χ2v) is 7.25. The van der Waals surface area contributed by atoms with Crippen LogP contribution in [0.15, 0.2) is 60.7 Å². The molecule has 2 fully saturated rings. The van der Waals surface area contributed by atoms with E-state index >= 15 is 0 Å². The second kappa shape index (κ2) is 8.30. The van der Waals surface area contributed by atoms with Crippen molar-refractivity contribution in [2.75, 3.05) is 26.2 Å². The molecule has 2 aromatic rings. The smallest absolute Gasteiger partial charge is 0.246 e. The fraction of sp³-hybridized carbons (Fsp3) is 0.304. The molecular weight excluding hydrogens is 352 g/mol. The number of para-hydroxylation sites is 1. The summed E-state index contributed by atoms with van der Waals surface area (Å²) in [6.07, 6.45) is 5.45. The Balaban J connectivity index is 1.32. The Kier molecular flexibility index (Phi) is 5.42. The van der Waals surface area contributed by atoms with Gasteiger partial charge in [-0.2, -0.15) is 0 Å². The van der Waals surface area contributed by atoms with E-state index < -0.39 is 0 Å². The number of carbonyl (C=O) groups is 2. The summed E-state index contributed by atoms with van der Waals surface area (Å²) in [5, 5.41) is 0. The molecule has 0 bridgehead atoms. The number of piperazine rings is 1. The second-order valence-electron chi connectivity index (χ2n) is 7.25. The van der Waals surface area contributed by atoms with Crippen molar-refractivity contribution in [3.63, 3.8) is 0 Å². The van der Waals surface area contributed by atoms with Crippen LogP contribution < -0.4 is 4.74 Å². The van der Waals surface area contributed by atoms with E-state index in [4.69, 9.17) is 4.74 Å². The SMILES string of the molecule is O=C(/C=C/c1cccc(Oc2ccccc2)c1)N1CCN(C(=O)C2CC2)CC1. The van der Waals surface area contributed by atoms with Crippen LogP contribution in [0.5, 0.6) is 11.5 Å². The van der Waals surface area contributed by atoms with Gasteiger partial charge in [0.2, 0.25) is 11.8 Å². The summed E-state index contributed by atoms with van der Waals surface area (Å²) in [7, 11) is 0. The van der Waals surface area contributed by atoms with Gasteiger partial charge in [0.1, 0.15) is 11.5 Å². The summed E-state index contributed by atoms with van der Waals surface area (Å²) < 4.78 is 5.83. The van der Waals surface area contributed by atoms with E-state index in [0.29, 0.717) is 26.2 Å². The van der Waals surface area contributed by atoms with Crippen molar-refractivity contribution in [2.24, 2.45) is 5.92 Å². The Hall–Kier alpha value is -3.08. The fourth-order valence-electron chi connectivity index (χ4n) is 3.31. The number of carbonyl (C=O) groups excluding carboxylic acids is 2. The highest BCUT2D eigenvalue weighted by atomic mass is 16.5. The van der Waals surface area contributed by atoms with Gasteiger partial charge in [-0.05, 0) is 48.7 Å². The molecule has 0 spiro atoms. The maximum atomic E-state index is 12.5. The van der Waals surface area contributed by atoms with Gasteiger partial charge in [0.15, 0.2) is 0 Å². The molecule has 1 saturated carbocycles. The van der Waals surface area contributed by atoms with Crippen LogP contribution in [0.4, 0.5) is 0 Å². The average molecular weight is 376 g/mol. The number of rotatable bonds is 5. The van der Waals surface area contributed by atoms with Crippen molar-refractivity contribution in [1.29, 1.82) is 0 Å². The van der Waals surface area contributed by atoms with E-state index in [-0.39, 0.29) is 17.7 Å². The van der Waals surface area contributed by atoms with Gasteiger partial charge in [-0.1, -0.05) is 30.3 Å². The molecule has 1 saturated heterocycles. The topological polar surface area (TPSA) is 49.9 Å². The number of ether oxygens (including phenoxy) is 1. The summed E-state index contributed by atoms with van der Waals surface area (Å²) in [6.45, 7) is 2.46. The minimum Gasteiger partial charge on any atom is -0.457 e. The first-order valence-electron chi connectivity index (χ1n) is 9.78. The zero-order valence-corrected chi connectivity index (χ0v) is 15.8. The highest BCUT2D eigenvalue weighted by Crippen LogP contribution is 2.31. The molecule has 1 aliphatic carbocycles. The van der Waals surface area contributed by atoms with Gasteiger partial charge in [-0.3, -0.25) is 9.59 Å². The first kappa shape index (κ1) is 18.3. The van der Waals surface area contributed by atoms with E-state index in [0.717, 1.165) is 29.9 Å². The van der Waals surface area contributed by atoms with Crippen molar-refractivity contribution in [3.8, 4) is 11.5 Å². The monoisotopic (exact) mass is 376 g/mol. The maximum Gasteiger partial charge on any atom is 0.246 e. The average Bonchev–Trinajstić information content (AvgIpc) is 3.58.